The Morgan fingerprint density at radius 2 is 2.00 bits per heavy atom. The zero-order chi connectivity index (χ0) is 22.2. The van der Waals surface area contributed by atoms with E-state index in [1.807, 2.05) is 67.4 Å². The predicted molar refractivity (Wildman–Crippen MR) is 121 cm³/mol. The van der Waals surface area contributed by atoms with Gasteiger partial charge < -0.3 is 15.3 Å². The second kappa shape index (κ2) is 7.99. The highest BCUT2D eigenvalue weighted by Crippen LogP contribution is 2.37. The molecule has 0 fully saturated rings. The van der Waals surface area contributed by atoms with Gasteiger partial charge in [0.15, 0.2) is 10.7 Å². The molecule has 2 amide bonds. The molecule has 31 heavy (non-hydrogen) atoms. The number of amides is 2. The van der Waals surface area contributed by atoms with Crippen molar-refractivity contribution in [3.8, 4) is 0 Å². The second-order valence-electron chi connectivity index (χ2n) is 7.57. The summed E-state index contributed by atoms with van der Waals surface area (Å²) in [6.45, 7) is 3.99. The molecule has 0 spiro atoms. The maximum Gasteiger partial charge on any atom is 0.413 e. The van der Waals surface area contributed by atoms with Gasteiger partial charge in [0, 0.05) is 31.1 Å². The van der Waals surface area contributed by atoms with Crippen LogP contribution in [0.15, 0.2) is 59.9 Å². The fourth-order valence-electron chi connectivity index (χ4n) is 3.75. The second-order valence-corrected chi connectivity index (χ2v) is 8.58. The number of allylic oxidation sites excluding steroid dienone is 2. The first kappa shape index (κ1) is 20.8. The molecule has 0 saturated carbocycles. The van der Waals surface area contributed by atoms with Gasteiger partial charge in [-0.15, -0.1) is 0 Å². The minimum Gasteiger partial charge on any atom is -0.465 e. The minimum absolute atomic E-state index is 0.168. The molecule has 8 nitrogen and oxygen atoms in total. The van der Waals surface area contributed by atoms with Crippen LogP contribution in [0, 0.1) is 0 Å². The molecule has 2 aromatic rings. The Kier molecular flexibility index (Phi) is 5.36. The summed E-state index contributed by atoms with van der Waals surface area (Å²) >= 11 is 1.31. The number of hydrogen-bond acceptors (Lipinski definition) is 6. The number of likely N-dealkylation sites (N-methyl/N-ethyl adjacent to an activating group) is 1. The molecule has 2 N–H and O–H groups in total. The van der Waals surface area contributed by atoms with Crippen LogP contribution in [-0.2, 0) is 10.3 Å². The first-order chi connectivity index (χ1) is 14.9. The Labute approximate surface area is 184 Å². The summed E-state index contributed by atoms with van der Waals surface area (Å²) < 4.78 is 0. The number of aromatic nitrogens is 1. The summed E-state index contributed by atoms with van der Waals surface area (Å²) in [4.78, 5) is 37.6. The van der Waals surface area contributed by atoms with Crippen molar-refractivity contribution in [2.45, 2.75) is 25.4 Å². The van der Waals surface area contributed by atoms with Crippen LogP contribution >= 0.6 is 11.3 Å². The molecule has 9 heteroatoms. The van der Waals surface area contributed by atoms with Gasteiger partial charge in [0.2, 0.25) is 0 Å². The van der Waals surface area contributed by atoms with Gasteiger partial charge in [-0.2, -0.15) is 0 Å². The van der Waals surface area contributed by atoms with Crippen LogP contribution in [0.25, 0.3) is 5.57 Å². The number of carbonyl (C=O) groups is 2. The zero-order valence-corrected chi connectivity index (χ0v) is 18.3. The zero-order valence-electron chi connectivity index (χ0n) is 17.4. The van der Waals surface area contributed by atoms with E-state index >= 15 is 0 Å². The normalized spacial score (nSPS) is 19.7. The summed E-state index contributed by atoms with van der Waals surface area (Å²) in [5.74, 6) is 0.536. The van der Waals surface area contributed by atoms with Crippen molar-refractivity contribution in [3.05, 3.63) is 65.3 Å². The van der Waals surface area contributed by atoms with Crippen LogP contribution in [0.4, 0.5) is 9.93 Å². The number of rotatable bonds is 5. The van der Waals surface area contributed by atoms with E-state index < -0.39 is 11.6 Å². The molecule has 1 unspecified atom stereocenters. The van der Waals surface area contributed by atoms with Crippen molar-refractivity contribution in [2.24, 2.45) is 4.99 Å². The fourth-order valence-corrected chi connectivity index (χ4v) is 4.79. The fraction of sp³-hybridized carbons (Fsp3) is 0.273. The third-order valence-electron chi connectivity index (χ3n) is 5.27. The van der Waals surface area contributed by atoms with E-state index in [4.69, 9.17) is 4.99 Å². The number of nitrogens with zero attached hydrogens (tertiary/aromatic N) is 4. The van der Waals surface area contributed by atoms with Crippen LogP contribution in [-0.4, -0.2) is 52.5 Å². The SMILES string of the molecule is CNC(=O)C1(c2ccccc2)CN2C=C(c3cnc(N(C(=O)O)C(C)C)s3)C=CC2=N1. The summed E-state index contributed by atoms with van der Waals surface area (Å²) in [5.41, 5.74) is 0.685. The van der Waals surface area contributed by atoms with E-state index in [1.54, 1.807) is 13.2 Å². The topological polar surface area (TPSA) is 98.1 Å². The van der Waals surface area contributed by atoms with Crippen LogP contribution in [0.3, 0.4) is 0 Å². The van der Waals surface area contributed by atoms with Crippen LogP contribution in [0.1, 0.15) is 24.3 Å². The molecule has 0 aliphatic carbocycles. The predicted octanol–water partition coefficient (Wildman–Crippen LogP) is 3.30. The molecular formula is C22H23N5O3S. The lowest BCUT2D eigenvalue weighted by Crippen LogP contribution is -2.44. The highest BCUT2D eigenvalue weighted by Gasteiger charge is 2.46. The number of nitrogens with one attached hydrogen (secondary N) is 1. The van der Waals surface area contributed by atoms with Crippen molar-refractivity contribution < 1.29 is 14.7 Å². The Bertz CT molecular complexity index is 1110. The van der Waals surface area contributed by atoms with Crippen molar-refractivity contribution >= 4 is 39.9 Å². The quantitative estimate of drug-likeness (QED) is 0.748. The molecule has 2 aliphatic heterocycles. The first-order valence-corrected chi connectivity index (χ1v) is 10.7. The Balaban J connectivity index is 1.65. The number of anilines is 1. The van der Waals surface area contributed by atoms with E-state index in [0.29, 0.717) is 17.5 Å². The molecule has 0 saturated heterocycles. The van der Waals surface area contributed by atoms with Gasteiger partial charge in [-0.25, -0.2) is 14.8 Å². The lowest BCUT2D eigenvalue weighted by molar-refractivity contribution is -0.125. The minimum atomic E-state index is -1.03. The Hall–Kier alpha value is -3.46. The number of aliphatic imine (C=N–C) groups is 1. The molecule has 4 rings (SSSR count). The van der Waals surface area contributed by atoms with Gasteiger partial charge in [-0.1, -0.05) is 41.7 Å². The maximum atomic E-state index is 12.9. The Morgan fingerprint density at radius 3 is 2.65 bits per heavy atom. The number of fused-ring (bicyclic) bond motifs is 1. The monoisotopic (exact) mass is 437 g/mol. The summed E-state index contributed by atoms with van der Waals surface area (Å²) in [5, 5.41) is 12.7. The smallest absolute Gasteiger partial charge is 0.413 e. The first-order valence-electron chi connectivity index (χ1n) is 9.88. The summed E-state index contributed by atoms with van der Waals surface area (Å²) in [7, 11) is 1.61. The average Bonchev–Trinajstić information content (AvgIpc) is 3.38. The van der Waals surface area contributed by atoms with E-state index in [2.05, 4.69) is 10.3 Å². The van der Waals surface area contributed by atoms with Crippen LogP contribution in [0.2, 0.25) is 0 Å². The van der Waals surface area contributed by atoms with Crippen molar-refractivity contribution in [3.63, 3.8) is 0 Å². The number of thiazole rings is 1. The van der Waals surface area contributed by atoms with Gasteiger partial charge in [-0.3, -0.25) is 9.69 Å². The molecule has 2 aliphatic rings. The number of amidine groups is 1. The number of carboxylic acid groups (broad SMARTS) is 1. The van der Waals surface area contributed by atoms with Crippen molar-refractivity contribution in [1.82, 2.24) is 15.2 Å². The highest BCUT2D eigenvalue weighted by atomic mass is 32.1. The molecular weight excluding hydrogens is 414 g/mol. The lowest BCUT2D eigenvalue weighted by Gasteiger charge is -2.26. The van der Waals surface area contributed by atoms with E-state index in [9.17, 15) is 14.7 Å². The van der Waals surface area contributed by atoms with Crippen molar-refractivity contribution in [1.29, 1.82) is 0 Å². The summed E-state index contributed by atoms with van der Waals surface area (Å²) in [6, 6.07) is 9.31. The number of carbonyl (C=O) groups excluding carboxylic acids is 1. The third kappa shape index (κ3) is 3.61. The van der Waals surface area contributed by atoms with Gasteiger partial charge in [0.1, 0.15) is 5.84 Å². The highest BCUT2D eigenvalue weighted by molar-refractivity contribution is 7.16. The largest absolute Gasteiger partial charge is 0.465 e. The average molecular weight is 438 g/mol. The molecule has 0 bridgehead atoms. The summed E-state index contributed by atoms with van der Waals surface area (Å²) in [6.07, 6.45) is 6.37. The van der Waals surface area contributed by atoms with E-state index in [1.165, 1.54) is 16.2 Å². The lowest BCUT2D eigenvalue weighted by atomic mass is 9.90. The van der Waals surface area contributed by atoms with Gasteiger partial charge >= 0.3 is 6.09 Å². The van der Waals surface area contributed by atoms with Crippen molar-refractivity contribution in [2.75, 3.05) is 18.5 Å². The van der Waals surface area contributed by atoms with E-state index in [-0.39, 0.29) is 11.9 Å². The molecule has 3 heterocycles. The molecule has 1 atom stereocenters. The van der Waals surface area contributed by atoms with Crippen LogP contribution in [0.5, 0.6) is 0 Å². The number of benzene rings is 1. The number of hydrogen-bond donors (Lipinski definition) is 2. The van der Waals surface area contributed by atoms with Gasteiger partial charge in [-0.05, 0) is 31.6 Å². The Morgan fingerprint density at radius 1 is 1.26 bits per heavy atom. The molecule has 160 valence electrons. The standard InChI is InChI=1S/C22H23N5O3S/c1-14(2)27(21(29)30)20-24-11-17(31-20)15-9-10-18-25-22(19(28)23-3,13-26(18)12-15)16-7-5-4-6-8-16/h4-12,14H,13H2,1-3H3,(H,23,28)(H,29,30). The maximum absolute atomic E-state index is 12.9. The molecule has 1 aromatic carbocycles. The molecule has 0 radical (unpaired) electrons. The van der Waals surface area contributed by atoms with Gasteiger partial charge in [0.25, 0.3) is 5.91 Å². The third-order valence-corrected chi connectivity index (χ3v) is 6.31. The molecule has 1 aromatic heterocycles. The van der Waals surface area contributed by atoms with Crippen LogP contribution < -0.4 is 10.2 Å². The van der Waals surface area contributed by atoms with E-state index in [0.717, 1.165) is 16.0 Å². The van der Waals surface area contributed by atoms with Gasteiger partial charge in [0.05, 0.1) is 11.4 Å².